The minimum absolute atomic E-state index is 0.00843. The molecule has 4 heterocycles. The van der Waals surface area contributed by atoms with E-state index in [2.05, 4.69) is 63.1 Å². The van der Waals surface area contributed by atoms with Crippen LogP contribution in [0.15, 0.2) is 90.5 Å². The van der Waals surface area contributed by atoms with Crippen LogP contribution in [-0.4, -0.2) is 81.2 Å². The fourth-order valence-electron chi connectivity index (χ4n) is 7.75. The minimum Gasteiger partial charge on any atom is -0.493 e. The van der Waals surface area contributed by atoms with E-state index in [0.717, 1.165) is 74.3 Å². The lowest BCUT2D eigenvalue weighted by molar-refractivity contribution is -0.0206. The Morgan fingerprint density at radius 1 is 0.909 bits per heavy atom. The first-order valence-electron chi connectivity index (χ1n) is 19.3. The van der Waals surface area contributed by atoms with Crippen LogP contribution >= 0.6 is 0 Å². The van der Waals surface area contributed by atoms with Crippen molar-refractivity contribution in [2.24, 2.45) is 5.92 Å². The molecule has 55 heavy (non-hydrogen) atoms. The van der Waals surface area contributed by atoms with E-state index in [1.165, 1.54) is 18.5 Å². The van der Waals surface area contributed by atoms with Crippen LogP contribution in [0.2, 0.25) is 0 Å². The second-order valence-electron chi connectivity index (χ2n) is 14.5. The van der Waals surface area contributed by atoms with Gasteiger partial charge in [0, 0.05) is 61.7 Å². The Hall–Kier alpha value is -5.08. The number of nitrogens with zero attached hydrogens (tertiary/aromatic N) is 8. The number of benzene rings is 3. The summed E-state index contributed by atoms with van der Waals surface area (Å²) in [7, 11) is 0. The molecule has 0 radical (unpaired) electrons. The molecule has 0 saturated carbocycles. The van der Waals surface area contributed by atoms with Crippen molar-refractivity contribution >= 4 is 11.4 Å². The van der Waals surface area contributed by atoms with Crippen molar-refractivity contribution in [1.29, 1.82) is 0 Å². The van der Waals surface area contributed by atoms with Gasteiger partial charge in [-0.15, -0.1) is 0 Å². The molecule has 0 aliphatic carbocycles. The van der Waals surface area contributed by atoms with E-state index in [9.17, 15) is 9.18 Å². The maximum Gasteiger partial charge on any atom is 0.350 e. The Morgan fingerprint density at radius 3 is 2.24 bits per heavy atom. The molecular weight excluding hydrogens is 706 g/mol. The first-order valence-corrected chi connectivity index (χ1v) is 19.3. The van der Waals surface area contributed by atoms with Gasteiger partial charge in [-0.1, -0.05) is 26.3 Å². The summed E-state index contributed by atoms with van der Waals surface area (Å²) in [5, 5.41) is 8.65. The fourth-order valence-corrected chi connectivity index (χ4v) is 7.75. The number of anilines is 2. The van der Waals surface area contributed by atoms with Gasteiger partial charge in [-0.2, -0.15) is 10.2 Å². The summed E-state index contributed by atoms with van der Waals surface area (Å²) in [5.41, 5.74) is 2.13. The molecule has 2 aliphatic rings. The van der Waals surface area contributed by atoms with E-state index in [1.54, 1.807) is 26.6 Å². The molecule has 14 heteroatoms. The molecule has 2 saturated heterocycles. The normalized spacial score (nSPS) is 19.8. The van der Waals surface area contributed by atoms with Crippen molar-refractivity contribution in [3.8, 4) is 11.4 Å². The number of hydrogen-bond acceptors (Lipinski definition) is 9. The Kier molecular flexibility index (Phi) is 11.9. The van der Waals surface area contributed by atoms with Gasteiger partial charge in [-0.25, -0.2) is 32.5 Å². The van der Waals surface area contributed by atoms with Crippen LogP contribution in [0.5, 0.6) is 5.75 Å². The van der Waals surface area contributed by atoms with Crippen molar-refractivity contribution in [2.45, 2.75) is 70.7 Å². The van der Waals surface area contributed by atoms with Crippen LogP contribution in [0.25, 0.3) is 5.69 Å². The molecule has 5 aromatic rings. The second kappa shape index (κ2) is 17.2. The summed E-state index contributed by atoms with van der Waals surface area (Å²) in [5.74, 6) is -0.543. The summed E-state index contributed by atoms with van der Waals surface area (Å²) in [6.45, 7) is 11.3. The van der Waals surface area contributed by atoms with Gasteiger partial charge in [0.25, 0.3) is 0 Å². The highest BCUT2D eigenvalue weighted by atomic mass is 19.1. The number of halogens is 2. The third kappa shape index (κ3) is 8.60. The predicted octanol–water partition coefficient (Wildman–Crippen LogP) is 6.40. The highest BCUT2D eigenvalue weighted by Crippen LogP contribution is 2.42. The van der Waals surface area contributed by atoms with Gasteiger partial charge in [0.05, 0.1) is 37.6 Å². The van der Waals surface area contributed by atoms with Gasteiger partial charge in [0.2, 0.25) is 0 Å². The van der Waals surface area contributed by atoms with Crippen LogP contribution < -0.4 is 20.2 Å². The van der Waals surface area contributed by atoms with E-state index in [0.29, 0.717) is 31.8 Å². The lowest BCUT2D eigenvalue weighted by Gasteiger charge is -2.37. The summed E-state index contributed by atoms with van der Waals surface area (Å²) in [6.07, 6.45) is 7.77. The van der Waals surface area contributed by atoms with Crippen molar-refractivity contribution < 1.29 is 23.0 Å². The molecule has 0 unspecified atom stereocenters. The molecule has 2 fully saturated rings. The first kappa shape index (κ1) is 38.2. The maximum absolute atomic E-state index is 15.0. The monoisotopic (exact) mass is 756 g/mol. The van der Waals surface area contributed by atoms with Gasteiger partial charge in [0.1, 0.15) is 42.0 Å². The Balaban J connectivity index is 0.909. The summed E-state index contributed by atoms with van der Waals surface area (Å²) >= 11 is 0. The van der Waals surface area contributed by atoms with Crippen LogP contribution in [-0.2, 0) is 21.6 Å². The van der Waals surface area contributed by atoms with Crippen LogP contribution in [0, 0.1) is 17.6 Å². The highest BCUT2D eigenvalue weighted by molar-refractivity contribution is 5.54. The van der Waals surface area contributed by atoms with Crippen molar-refractivity contribution in [3.05, 3.63) is 113 Å². The molecule has 0 bridgehead atoms. The first-order chi connectivity index (χ1) is 26.8. The topological polar surface area (TPSA) is 105 Å². The van der Waals surface area contributed by atoms with E-state index >= 15 is 4.39 Å². The molecule has 4 atom stereocenters. The summed E-state index contributed by atoms with van der Waals surface area (Å²) in [6, 6.07) is 19.7. The average Bonchev–Trinajstić information content (AvgIpc) is 3.96. The van der Waals surface area contributed by atoms with Gasteiger partial charge in [0.15, 0.2) is 0 Å². The lowest BCUT2D eigenvalue weighted by Crippen LogP contribution is -2.46. The van der Waals surface area contributed by atoms with Crippen molar-refractivity contribution in [2.75, 3.05) is 55.8 Å². The number of piperazine rings is 1. The molecule has 2 aromatic heterocycles. The second-order valence-corrected chi connectivity index (χ2v) is 14.5. The molecule has 7 rings (SSSR count). The van der Waals surface area contributed by atoms with E-state index in [-0.39, 0.29) is 30.3 Å². The van der Waals surface area contributed by atoms with Gasteiger partial charge < -0.3 is 24.0 Å². The summed E-state index contributed by atoms with van der Waals surface area (Å²) < 4.78 is 52.0. The molecule has 3 aromatic carbocycles. The smallest absolute Gasteiger partial charge is 0.350 e. The molecule has 12 nitrogen and oxygen atoms in total. The largest absolute Gasteiger partial charge is 0.493 e. The van der Waals surface area contributed by atoms with Crippen LogP contribution in [0.4, 0.5) is 20.2 Å². The van der Waals surface area contributed by atoms with Gasteiger partial charge in [-0.05, 0) is 80.8 Å². The Labute approximate surface area is 320 Å². The third-order valence-electron chi connectivity index (χ3n) is 10.8. The van der Waals surface area contributed by atoms with Crippen molar-refractivity contribution in [1.82, 2.24) is 29.1 Å². The predicted molar refractivity (Wildman–Crippen MR) is 206 cm³/mol. The molecular formula is C41H50F2N8O4. The number of rotatable bonds is 16. The molecule has 2 aliphatic heterocycles. The van der Waals surface area contributed by atoms with Crippen molar-refractivity contribution in [3.63, 3.8) is 0 Å². The van der Waals surface area contributed by atoms with E-state index < -0.39 is 17.2 Å². The zero-order chi connectivity index (χ0) is 38.4. The molecule has 0 spiro atoms. The van der Waals surface area contributed by atoms with Crippen LogP contribution in [0.1, 0.15) is 58.1 Å². The maximum atomic E-state index is 15.0. The Morgan fingerprint density at radius 2 is 1.60 bits per heavy atom. The van der Waals surface area contributed by atoms with Crippen LogP contribution in [0.3, 0.4) is 0 Å². The quantitative estimate of drug-likeness (QED) is 0.106. The molecule has 0 N–H and O–H groups in total. The number of hydrogen-bond donors (Lipinski definition) is 0. The number of ether oxygens (including phenoxy) is 3. The SMILES string of the molecule is CCCCO[C@@H](C)[C@H](CC)n1ncn(-c2ccc(N3CCN(c4ccc(OC[C@@H]5CO[C@@](Cn6cncn6)(c6ccc(F)cc6F)C5)cc4)CC3)cc2)c1=O. The number of aromatic nitrogens is 6. The lowest BCUT2D eigenvalue weighted by atomic mass is 9.87. The van der Waals surface area contributed by atoms with E-state index in [4.69, 9.17) is 14.2 Å². The standard InChI is InChI=1S/C41H50F2N8O4/c1-4-6-21-53-30(3)39(5-2)51-40(52)50(29-46-51)35-10-8-33(9-11-35)47-17-19-48(20-18-47)34-12-14-36(15-13-34)54-24-31-23-41(55-25-31,26-49-28-44-27-45-49)37-16-7-32(42)22-38(37)43/h7-16,22,27-31,39H,4-6,17-21,23-26H2,1-3H3/t30-,31+,39-,41-/m0/s1. The van der Waals surface area contributed by atoms with Gasteiger partial charge in [-0.3, -0.25) is 0 Å². The third-order valence-corrected chi connectivity index (χ3v) is 10.8. The average molecular weight is 757 g/mol. The Bertz CT molecular complexity index is 2030. The highest BCUT2D eigenvalue weighted by Gasteiger charge is 2.44. The zero-order valence-electron chi connectivity index (χ0n) is 31.8. The summed E-state index contributed by atoms with van der Waals surface area (Å²) in [4.78, 5) is 22.1. The van der Waals surface area contributed by atoms with Gasteiger partial charge >= 0.3 is 5.69 Å². The zero-order valence-corrected chi connectivity index (χ0v) is 31.8. The number of unbranched alkanes of at least 4 members (excludes halogenated alkanes) is 1. The fraction of sp³-hybridized carbons (Fsp3) is 0.463. The van der Waals surface area contributed by atoms with E-state index in [1.807, 2.05) is 31.2 Å². The molecule has 0 amide bonds. The minimum atomic E-state index is -1.02. The molecule has 292 valence electrons.